The molecule has 3 heterocycles. The molecule has 3 aromatic heterocycles. The van der Waals surface area contributed by atoms with Crippen molar-refractivity contribution in [3.8, 4) is 11.4 Å². The molecule has 0 radical (unpaired) electrons. The van der Waals surface area contributed by atoms with Gasteiger partial charge in [-0.15, -0.1) is 0 Å². The highest BCUT2D eigenvalue weighted by atomic mass is 15.2. The van der Waals surface area contributed by atoms with Crippen molar-refractivity contribution in [3.63, 3.8) is 0 Å². The molecule has 4 aromatic rings. The summed E-state index contributed by atoms with van der Waals surface area (Å²) in [6.07, 6.45) is 4.96. The van der Waals surface area contributed by atoms with Gasteiger partial charge < -0.3 is 5.32 Å². The van der Waals surface area contributed by atoms with Gasteiger partial charge in [0.15, 0.2) is 11.5 Å². The summed E-state index contributed by atoms with van der Waals surface area (Å²) in [5.74, 6) is 1.43. The molecule has 4 rings (SSSR count). The first-order chi connectivity index (χ1) is 11.3. The molecule has 1 aromatic carbocycles. The average Bonchev–Trinajstić information content (AvgIpc) is 3.05. The molecule has 0 aliphatic carbocycles. The Balaban J connectivity index is 1.62. The maximum atomic E-state index is 4.43. The first kappa shape index (κ1) is 13.3. The van der Waals surface area contributed by atoms with Crippen molar-refractivity contribution in [1.29, 1.82) is 0 Å². The average molecular weight is 303 g/mol. The molecule has 0 saturated heterocycles. The number of fused-ring (bicyclic) bond motifs is 1. The standard InChI is InChI=1S/C16H13N7/c1-10-6-7-17-14(21-10)11-2-4-12(5-3-11)22-15-13-8-20-23-16(13)19-9-18-15/h2-9H,1H3,(H2,18,19,20,22,23). The van der Waals surface area contributed by atoms with Gasteiger partial charge in [0, 0.05) is 23.1 Å². The van der Waals surface area contributed by atoms with Gasteiger partial charge in [-0.3, -0.25) is 5.10 Å². The molecule has 2 N–H and O–H groups in total. The van der Waals surface area contributed by atoms with Crippen LogP contribution in [0, 0.1) is 6.92 Å². The molecule has 0 aliphatic rings. The van der Waals surface area contributed by atoms with E-state index >= 15 is 0 Å². The number of nitrogens with one attached hydrogen (secondary N) is 2. The van der Waals surface area contributed by atoms with E-state index in [9.17, 15) is 0 Å². The third-order valence-electron chi connectivity index (χ3n) is 3.45. The molecule has 7 nitrogen and oxygen atoms in total. The zero-order valence-corrected chi connectivity index (χ0v) is 12.4. The van der Waals surface area contributed by atoms with Crippen molar-refractivity contribution in [2.45, 2.75) is 6.92 Å². The van der Waals surface area contributed by atoms with Crippen LogP contribution in [0.2, 0.25) is 0 Å². The lowest BCUT2D eigenvalue weighted by atomic mass is 10.2. The number of nitrogens with zero attached hydrogens (tertiary/aromatic N) is 5. The maximum absolute atomic E-state index is 4.43. The lowest BCUT2D eigenvalue weighted by Gasteiger charge is -2.07. The molecule has 0 spiro atoms. The first-order valence-corrected chi connectivity index (χ1v) is 7.11. The summed E-state index contributed by atoms with van der Waals surface area (Å²) in [6, 6.07) is 9.77. The normalized spacial score (nSPS) is 10.8. The molecule has 112 valence electrons. The smallest absolute Gasteiger partial charge is 0.160 e. The first-order valence-electron chi connectivity index (χ1n) is 7.11. The molecule has 0 bridgehead atoms. The van der Waals surface area contributed by atoms with Crippen LogP contribution in [0.1, 0.15) is 5.69 Å². The number of rotatable bonds is 3. The number of hydrogen-bond acceptors (Lipinski definition) is 6. The fourth-order valence-electron chi connectivity index (χ4n) is 2.29. The van der Waals surface area contributed by atoms with Crippen LogP contribution in [-0.4, -0.2) is 30.1 Å². The summed E-state index contributed by atoms with van der Waals surface area (Å²) in [6.45, 7) is 1.95. The van der Waals surface area contributed by atoms with Crippen LogP contribution < -0.4 is 5.32 Å². The Morgan fingerprint density at radius 1 is 1.00 bits per heavy atom. The number of aromatic amines is 1. The number of H-pyrrole nitrogens is 1. The highest BCUT2D eigenvalue weighted by Crippen LogP contribution is 2.23. The topological polar surface area (TPSA) is 92.3 Å². The number of benzene rings is 1. The quantitative estimate of drug-likeness (QED) is 0.604. The third kappa shape index (κ3) is 2.59. The lowest BCUT2D eigenvalue weighted by Crippen LogP contribution is -1.95. The predicted molar refractivity (Wildman–Crippen MR) is 87.2 cm³/mol. The fraction of sp³-hybridized carbons (Fsp3) is 0.0625. The lowest BCUT2D eigenvalue weighted by molar-refractivity contribution is 1.09. The van der Waals surface area contributed by atoms with E-state index in [1.165, 1.54) is 6.33 Å². The van der Waals surface area contributed by atoms with E-state index in [1.807, 2.05) is 37.3 Å². The van der Waals surface area contributed by atoms with Crippen LogP contribution in [0.5, 0.6) is 0 Å². The molecular weight excluding hydrogens is 290 g/mol. The number of aromatic nitrogens is 6. The Labute approximate surface area is 131 Å². The highest BCUT2D eigenvalue weighted by molar-refractivity contribution is 5.87. The fourth-order valence-corrected chi connectivity index (χ4v) is 2.29. The number of anilines is 2. The van der Waals surface area contributed by atoms with Gasteiger partial charge in [-0.1, -0.05) is 0 Å². The van der Waals surface area contributed by atoms with Crippen LogP contribution in [0.3, 0.4) is 0 Å². The minimum absolute atomic E-state index is 0.701. The zero-order chi connectivity index (χ0) is 15.6. The van der Waals surface area contributed by atoms with Crippen LogP contribution in [0.25, 0.3) is 22.4 Å². The van der Waals surface area contributed by atoms with Gasteiger partial charge in [0.25, 0.3) is 0 Å². The van der Waals surface area contributed by atoms with Gasteiger partial charge in [-0.25, -0.2) is 19.9 Å². The molecule has 7 heteroatoms. The Morgan fingerprint density at radius 3 is 2.70 bits per heavy atom. The Kier molecular flexibility index (Phi) is 3.16. The maximum Gasteiger partial charge on any atom is 0.160 e. The van der Waals surface area contributed by atoms with Crippen molar-refractivity contribution >= 4 is 22.5 Å². The van der Waals surface area contributed by atoms with Crippen LogP contribution in [0.15, 0.2) is 49.1 Å². The third-order valence-corrected chi connectivity index (χ3v) is 3.45. The van der Waals surface area contributed by atoms with E-state index in [-0.39, 0.29) is 0 Å². The van der Waals surface area contributed by atoms with E-state index in [0.717, 1.165) is 28.2 Å². The van der Waals surface area contributed by atoms with Crippen molar-refractivity contribution in [2.75, 3.05) is 5.32 Å². The Bertz CT molecular complexity index is 960. The van der Waals surface area contributed by atoms with Gasteiger partial charge in [0.1, 0.15) is 12.1 Å². The SMILES string of the molecule is Cc1ccnc(-c2ccc(Nc3ncnc4[nH]ncc34)cc2)n1. The Hall–Kier alpha value is -3.35. The minimum Gasteiger partial charge on any atom is -0.340 e. The van der Waals surface area contributed by atoms with Crippen LogP contribution in [-0.2, 0) is 0 Å². The van der Waals surface area contributed by atoms with Gasteiger partial charge in [0.05, 0.1) is 11.6 Å². The van der Waals surface area contributed by atoms with Crippen molar-refractivity contribution < 1.29 is 0 Å². The van der Waals surface area contributed by atoms with Crippen molar-refractivity contribution in [2.24, 2.45) is 0 Å². The van der Waals surface area contributed by atoms with E-state index in [4.69, 9.17) is 0 Å². The second kappa shape index (κ2) is 5.45. The number of hydrogen-bond donors (Lipinski definition) is 2. The molecular formula is C16H13N7. The molecule has 0 saturated carbocycles. The van der Waals surface area contributed by atoms with E-state index in [2.05, 4.69) is 35.5 Å². The van der Waals surface area contributed by atoms with Crippen molar-refractivity contribution in [1.82, 2.24) is 30.1 Å². The minimum atomic E-state index is 0.701. The summed E-state index contributed by atoms with van der Waals surface area (Å²) in [7, 11) is 0. The largest absolute Gasteiger partial charge is 0.340 e. The predicted octanol–water partition coefficient (Wildman–Crippen LogP) is 2.86. The summed E-state index contributed by atoms with van der Waals surface area (Å²) >= 11 is 0. The molecule has 0 atom stereocenters. The zero-order valence-electron chi connectivity index (χ0n) is 12.4. The van der Waals surface area contributed by atoms with Crippen LogP contribution in [0.4, 0.5) is 11.5 Å². The summed E-state index contributed by atoms with van der Waals surface area (Å²) < 4.78 is 0. The summed E-state index contributed by atoms with van der Waals surface area (Å²) in [4.78, 5) is 17.1. The summed E-state index contributed by atoms with van der Waals surface area (Å²) in [5, 5.41) is 10.9. The Morgan fingerprint density at radius 2 is 1.87 bits per heavy atom. The number of aryl methyl sites for hydroxylation is 1. The second-order valence-corrected chi connectivity index (χ2v) is 5.08. The molecule has 0 amide bonds. The molecule has 0 aliphatic heterocycles. The summed E-state index contributed by atoms with van der Waals surface area (Å²) in [5.41, 5.74) is 3.53. The second-order valence-electron chi connectivity index (χ2n) is 5.08. The van der Waals surface area contributed by atoms with Gasteiger partial charge in [-0.05, 0) is 37.3 Å². The van der Waals surface area contributed by atoms with Gasteiger partial charge in [-0.2, -0.15) is 5.10 Å². The van der Waals surface area contributed by atoms with Gasteiger partial charge in [0.2, 0.25) is 0 Å². The highest BCUT2D eigenvalue weighted by Gasteiger charge is 2.06. The molecule has 0 unspecified atom stereocenters. The molecule has 23 heavy (non-hydrogen) atoms. The van der Waals surface area contributed by atoms with Gasteiger partial charge >= 0.3 is 0 Å². The molecule has 0 fully saturated rings. The van der Waals surface area contributed by atoms with Crippen LogP contribution >= 0.6 is 0 Å². The van der Waals surface area contributed by atoms with Crippen molar-refractivity contribution in [3.05, 3.63) is 54.7 Å². The van der Waals surface area contributed by atoms with E-state index in [1.54, 1.807) is 12.4 Å². The van der Waals surface area contributed by atoms with E-state index < -0.39 is 0 Å². The van der Waals surface area contributed by atoms with E-state index in [0.29, 0.717) is 11.5 Å². The monoisotopic (exact) mass is 303 g/mol.